The molecular formula is C23H22N4OS. The Labute approximate surface area is 173 Å². The van der Waals surface area contributed by atoms with Crippen molar-refractivity contribution >= 4 is 37.6 Å². The first-order valence-electron chi connectivity index (χ1n) is 10.4. The quantitative estimate of drug-likeness (QED) is 0.490. The average molecular weight is 403 g/mol. The van der Waals surface area contributed by atoms with Gasteiger partial charge in [-0.1, -0.05) is 30.3 Å². The van der Waals surface area contributed by atoms with Crippen molar-refractivity contribution in [3.8, 4) is 11.3 Å². The average Bonchev–Trinajstić information content (AvgIpc) is 3.18. The molecule has 0 unspecified atom stereocenters. The first kappa shape index (κ1) is 17.3. The van der Waals surface area contributed by atoms with Crippen LogP contribution in [0.1, 0.15) is 24.0 Å². The highest BCUT2D eigenvalue weighted by atomic mass is 32.1. The van der Waals surface area contributed by atoms with Gasteiger partial charge in [0.15, 0.2) is 0 Å². The molecule has 0 saturated carbocycles. The molecule has 1 fully saturated rings. The smallest absolute Gasteiger partial charge is 0.150 e. The molecule has 0 radical (unpaired) electrons. The second-order valence-corrected chi connectivity index (χ2v) is 8.75. The Balaban J connectivity index is 1.63. The predicted molar refractivity (Wildman–Crippen MR) is 118 cm³/mol. The van der Waals surface area contributed by atoms with Crippen LogP contribution >= 0.6 is 11.3 Å². The standard InChI is InChI=1S/C23H22N4OS/c1-2-6-15(7-3-1)19-17-9-5-4-8-16(17)18-20-21(29-23(18)26-19)22(25-14-24-20)27-10-12-28-13-11-27/h1-3,6-7,14H,4-5,8-13H2. The van der Waals surface area contributed by atoms with Crippen molar-refractivity contribution in [2.75, 3.05) is 31.2 Å². The van der Waals surface area contributed by atoms with Gasteiger partial charge in [-0.25, -0.2) is 15.0 Å². The van der Waals surface area contributed by atoms with Crippen molar-refractivity contribution in [2.45, 2.75) is 25.7 Å². The number of benzene rings is 1. The molecule has 0 spiro atoms. The van der Waals surface area contributed by atoms with E-state index in [9.17, 15) is 0 Å². The maximum absolute atomic E-state index is 5.54. The van der Waals surface area contributed by atoms with Gasteiger partial charge in [-0.15, -0.1) is 11.3 Å². The summed E-state index contributed by atoms with van der Waals surface area (Å²) in [5.74, 6) is 1.03. The van der Waals surface area contributed by atoms with Gasteiger partial charge in [0.1, 0.15) is 17.0 Å². The Hall–Kier alpha value is -2.57. The van der Waals surface area contributed by atoms with Crippen molar-refractivity contribution in [3.63, 3.8) is 0 Å². The number of morpholine rings is 1. The highest BCUT2D eigenvalue weighted by Crippen LogP contribution is 2.43. The van der Waals surface area contributed by atoms with Gasteiger partial charge >= 0.3 is 0 Å². The highest BCUT2D eigenvalue weighted by molar-refractivity contribution is 7.26. The molecule has 4 aromatic rings. The molecule has 0 amide bonds. The number of nitrogens with zero attached hydrogens (tertiary/aromatic N) is 4. The number of aryl methyl sites for hydroxylation is 1. The van der Waals surface area contributed by atoms with Gasteiger partial charge in [-0.05, 0) is 36.8 Å². The lowest BCUT2D eigenvalue weighted by atomic mass is 9.87. The van der Waals surface area contributed by atoms with Gasteiger partial charge in [-0.2, -0.15) is 0 Å². The number of hydrogen-bond donors (Lipinski definition) is 0. The number of hydrogen-bond acceptors (Lipinski definition) is 6. The zero-order valence-electron chi connectivity index (χ0n) is 16.2. The van der Waals surface area contributed by atoms with E-state index >= 15 is 0 Å². The molecule has 1 aliphatic carbocycles. The summed E-state index contributed by atoms with van der Waals surface area (Å²) in [5, 5.41) is 1.26. The van der Waals surface area contributed by atoms with E-state index in [0.29, 0.717) is 0 Å². The van der Waals surface area contributed by atoms with Crippen molar-refractivity contribution in [3.05, 3.63) is 47.8 Å². The zero-order valence-corrected chi connectivity index (χ0v) is 17.0. The third kappa shape index (κ3) is 2.81. The van der Waals surface area contributed by atoms with E-state index in [4.69, 9.17) is 14.7 Å². The summed E-state index contributed by atoms with van der Waals surface area (Å²) in [4.78, 5) is 18.0. The summed E-state index contributed by atoms with van der Waals surface area (Å²) in [6.07, 6.45) is 6.40. The SMILES string of the molecule is c1ccc(-c2nc3sc4c(N5CCOCC5)ncnc4c3c3c2CCCC3)cc1. The lowest BCUT2D eigenvalue weighted by Crippen LogP contribution is -2.36. The van der Waals surface area contributed by atoms with Gasteiger partial charge < -0.3 is 9.64 Å². The largest absolute Gasteiger partial charge is 0.378 e. The fourth-order valence-corrected chi connectivity index (χ4v) is 5.86. The molecule has 4 heterocycles. The second kappa shape index (κ2) is 7.04. The van der Waals surface area contributed by atoms with E-state index in [-0.39, 0.29) is 0 Å². The van der Waals surface area contributed by atoms with E-state index in [1.165, 1.54) is 34.9 Å². The monoisotopic (exact) mass is 402 g/mol. The van der Waals surface area contributed by atoms with Crippen LogP contribution in [0.5, 0.6) is 0 Å². The van der Waals surface area contributed by atoms with Gasteiger partial charge in [0.25, 0.3) is 0 Å². The van der Waals surface area contributed by atoms with Crippen molar-refractivity contribution in [2.24, 2.45) is 0 Å². The second-order valence-electron chi connectivity index (χ2n) is 7.75. The first-order chi connectivity index (χ1) is 14.4. The first-order valence-corrected chi connectivity index (χ1v) is 11.2. The lowest BCUT2D eigenvalue weighted by molar-refractivity contribution is 0.122. The van der Waals surface area contributed by atoms with Crippen LogP contribution in [0.25, 0.3) is 31.7 Å². The van der Waals surface area contributed by atoms with E-state index in [1.807, 2.05) is 0 Å². The molecule has 1 saturated heterocycles. The normalized spacial score (nSPS) is 17.0. The Bertz CT molecular complexity index is 1200. The Morgan fingerprint density at radius 2 is 1.72 bits per heavy atom. The van der Waals surface area contributed by atoms with Gasteiger partial charge in [0, 0.05) is 24.0 Å². The summed E-state index contributed by atoms with van der Waals surface area (Å²) in [7, 11) is 0. The Morgan fingerprint density at radius 1 is 0.931 bits per heavy atom. The maximum atomic E-state index is 5.54. The van der Waals surface area contributed by atoms with Gasteiger partial charge in [0.05, 0.1) is 29.1 Å². The molecule has 0 bridgehead atoms. The van der Waals surface area contributed by atoms with Crippen LogP contribution in [-0.4, -0.2) is 41.3 Å². The maximum Gasteiger partial charge on any atom is 0.150 e. The van der Waals surface area contributed by atoms with Gasteiger partial charge in [-0.3, -0.25) is 0 Å². The Morgan fingerprint density at radius 3 is 2.55 bits per heavy atom. The Kier molecular flexibility index (Phi) is 4.20. The van der Waals surface area contributed by atoms with Gasteiger partial charge in [0.2, 0.25) is 0 Å². The van der Waals surface area contributed by atoms with Crippen LogP contribution in [0.3, 0.4) is 0 Å². The number of ether oxygens (including phenoxy) is 1. The van der Waals surface area contributed by atoms with Crippen molar-refractivity contribution in [1.29, 1.82) is 0 Å². The minimum atomic E-state index is 0.752. The summed E-state index contributed by atoms with van der Waals surface area (Å²) in [5.41, 5.74) is 6.32. The summed E-state index contributed by atoms with van der Waals surface area (Å²) in [6, 6.07) is 10.6. The lowest BCUT2D eigenvalue weighted by Gasteiger charge is -2.27. The van der Waals surface area contributed by atoms with E-state index in [0.717, 1.165) is 65.7 Å². The third-order valence-corrected chi connectivity index (χ3v) is 7.13. The molecule has 6 heteroatoms. The number of anilines is 1. The number of aromatic nitrogens is 3. The molecule has 146 valence electrons. The number of rotatable bonds is 2. The predicted octanol–water partition coefficient (Wildman–Crippen LogP) is 4.62. The molecule has 2 aliphatic rings. The highest BCUT2D eigenvalue weighted by Gasteiger charge is 2.25. The van der Waals surface area contributed by atoms with Crippen LogP contribution in [0.4, 0.5) is 5.82 Å². The van der Waals surface area contributed by atoms with E-state index in [1.54, 1.807) is 17.7 Å². The number of pyridine rings is 1. The fourth-order valence-electron chi connectivity index (χ4n) is 4.68. The molecule has 1 aromatic carbocycles. The summed E-state index contributed by atoms with van der Waals surface area (Å²) >= 11 is 1.75. The molecule has 1 aliphatic heterocycles. The van der Waals surface area contributed by atoms with Crippen molar-refractivity contribution < 1.29 is 4.74 Å². The topological polar surface area (TPSA) is 51.1 Å². The van der Waals surface area contributed by atoms with Crippen LogP contribution in [0, 0.1) is 0 Å². The minimum Gasteiger partial charge on any atom is -0.378 e. The molecule has 5 nitrogen and oxygen atoms in total. The zero-order chi connectivity index (χ0) is 19.2. The van der Waals surface area contributed by atoms with Crippen LogP contribution in [0.2, 0.25) is 0 Å². The van der Waals surface area contributed by atoms with Crippen LogP contribution in [-0.2, 0) is 17.6 Å². The molecular weight excluding hydrogens is 380 g/mol. The summed E-state index contributed by atoms with van der Waals surface area (Å²) < 4.78 is 6.70. The molecule has 0 N–H and O–H groups in total. The molecule has 29 heavy (non-hydrogen) atoms. The van der Waals surface area contributed by atoms with Crippen LogP contribution in [0.15, 0.2) is 36.7 Å². The van der Waals surface area contributed by atoms with E-state index < -0.39 is 0 Å². The summed E-state index contributed by atoms with van der Waals surface area (Å²) in [6.45, 7) is 3.26. The number of thiophene rings is 1. The third-order valence-electron chi connectivity index (χ3n) is 6.06. The minimum absolute atomic E-state index is 0.752. The van der Waals surface area contributed by atoms with Crippen molar-refractivity contribution in [1.82, 2.24) is 15.0 Å². The molecule has 3 aromatic heterocycles. The molecule has 0 atom stereocenters. The van der Waals surface area contributed by atoms with Crippen LogP contribution < -0.4 is 4.90 Å². The fraction of sp³-hybridized carbons (Fsp3) is 0.348. The number of fused-ring (bicyclic) bond motifs is 5. The van der Waals surface area contributed by atoms with E-state index in [2.05, 4.69) is 40.2 Å². The molecule has 6 rings (SSSR count).